The van der Waals surface area contributed by atoms with Gasteiger partial charge in [0.25, 0.3) is 6.02 Å². The van der Waals surface area contributed by atoms with E-state index >= 15 is 0 Å². The highest BCUT2D eigenvalue weighted by Crippen LogP contribution is 2.38. The lowest BCUT2D eigenvalue weighted by molar-refractivity contribution is -0.139. The van der Waals surface area contributed by atoms with Gasteiger partial charge in [-0.3, -0.25) is 0 Å². The highest BCUT2D eigenvalue weighted by Gasteiger charge is 2.38. The van der Waals surface area contributed by atoms with Gasteiger partial charge in [-0.1, -0.05) is 6.07 Å². The Morgan fingerprint density at radius 2 is 2.14 bits per heavy atom. The Bertz CT molecular complexity index is 545. The van der Waals surface area contributed by atoms with Crippen molar-refractivity contribution in [1.29, 1.82) is 0 Å². The molecule has 0 fully saturated rings. The molecule has 0 saturated heterocycles. The van der Waals surface area contributed by atoms with Crippen LogP contribution in [0.4, 0.5) is 23.2 Å². The minimum Gasteiger partial charge on any atom is -0.463 e. The number of nitrogens with zero attached hydrogens (tertiary/aromatic N) is 2. The number of benzene rings is 1. The summed E-state index contributed by atoms with van der Waals surface area (Å²) in [7, 11) is 0. The molecule has 8 heteroatoms. The Hall–Kier alpha value is -1.99. The third-order valence-corrected chi connectivity index (χ3v) is 3.16. The number of rotatable bonds is 4. The molecule has 1 aromatic carbocycles. The van der Waals surface area contributed by atoms with E-state index in [0.29, 0.717) is 0 Å². The molecule has 1 aliphatic heterocycles. The van der Waals surface area contributed by atoms with Crippen molar-refractivity contribution in [3.63, 3.8) is 0 Å². The van der Waals surface area contributed by atoms with E-state index in [1.165, 1.54) is 17.0 Å². The Morgan fingerprint density at radius 3 is 2.67 bits per heavy atom. The minimum absolute atomic E-state index is 0.0198. The summed E-state index contributed by atoms with van der Waals surface area (Å²) in [6, 6.07) is 2.96. The van der Waals surface area contributed by atoms with Crippen LogP contribution in [0.1, 0.15) is 12.5 Å². The predicted molar refractivity (Wildman–Crippen MR) is 70.7 cm³/mol. The van der Waals surface area contributed by atoms with Crippen molar-refractivity contribution in [2.24, 2.45) is 10.7 Å². The summed E-state index contributed by atoms with van der Waals surface area (Å²) in [5, 5.41) is 0. The van der Waals surface area contributed by atoms with E-state index in [2.05, 4.69) is 4.99 Å². The molecule has 0 aliphatic carbocycles. The maximum Gasteiger partial charge on any atom is 0.421 e. The molecule has 0 amide bonds. The van der Waals surface area contributed by atoms with Crippen molar-refractivity contribution in [2.45, 2.75) is 19.1 Å². The lowest BCUT2D eigenvalue weighted by atomic mass is 10.1. The number of nitrogens with two attached hydrogens (primary N) is 1. The molecule has 0 radical (unpaired) electrons. The Kier molecular flexibility index (Phi) is 4.24. The highest BCUT2D eigenvalue weighted by atomic mass is 19.4. The molecule has 0 bridgehead atoms. The third kappa shape index (κ3) is 3.37. The van der Waals surface area contributed by atoms with Gasteiger partial charge in [0.2, 0.25) is 0 Å². The molecule has 1 atom stereocenters. The van der Waals surface area contributed by atoms with Crippen LogP contribution in [0, 0.1) is 5.82 Å². The van der Waals surface area contributed by atoms with Crippen LogP contribution in [-0.2, 0) is 10.9 Å². The van der Waals surface area contributed by atoms with E-state index in [-0.39, 0.29) is 37.4 Å². The zero-order valence-corrected chi connectivity index (χ0v) is 11.3. The van der Waals surface area contributed by atoms with E-state index in [9.17, 15) is 17.6 Å². The Balaban J connectivity index is 2.32. The van der Waals surface area contributed by atoms with E-state index < -0.39 is 17.6 Å². The largest absolute Gasteiger partial charge is 0.463 e. The number of aliphatic imine (C=N–C) groups is 1. The fraction of sp³-hybridized carbons (Fsp3) is 0.462. The second-order valence-electron chi connectivity index (χ2n) is 4.60. The lowest BCUT2D eigenvalue weighted by Gasteiger charge is -2.27. The van der Waals surface area contributed by atoms with Crippen molar-refractivity contribution in [2.75, 3.05) is 24.6 Å². The first kappa shape index (κ1) is 15.4. The quantitative estimate of drug-likeness (QED) is 0.869. The van der Waals surface area contributed by atoms with E-state index in [1.807, 2.05) is 0 Å². The molecule has 2 N–H and O–H groups in total. The molecule has 1 aromatic rings. The van der Waals surface area contributed by atoms with Crippen LogP contribution in [0.5, 0.6) is 0 Å². The van der Waals surface area contributed by atoms with Gasteiger partial charge in [-0.25, -0.2) is 9.38 Å². The summed E-state index contributed by atoms with van der Waals surface area (Å²) >= 11 is 0. The molecule has 2 rings (SSSR count). The Labute approximate surface area is 119 Å². The summed E-state index contributed by atoms with van der Waals surface area (Å²) in [5.74, 6) is -1.29. The Morgan fingerprint density at radius 1 is 1.43 bits per heavy atom. The first-order valence-corrected chi connectivity index (χ1v) is 6.39. The van der Waals surface area contributed by atoms with Gasteiger partial charge in [0.1, 0.15) is 24.0 Å². The van der Waals surface area contributed by atoms with Crippen LogP contribution in [0.2, 0.25) is 0 Å². The molecule has 1 heterocycles. The smallest absolute Gasteiger partial charge is 0.421 e. The van der Waals surface area contributed by atoms with Crippen molar-refractivity contribution >= 4 is 11.7 Å². The van der Waals surface area contributed by atoms with Crippen LogP contribution < -0.4 is 10.6 Å². The third-order valence-electron chi connectivity index (χ3n) is 3.16. The van der Waals surface area contributed by atoms with Gasteiger partial charge in [-0.15, -0.1) is 0 Å². The van der Waals surface area contributed by atoms with Crippen molar-refractivity contribution in [1.82, 2.24) is 0 Å². The number of ether oxygens (including phenoxy) is 1. The van der Waals surface area contributed by atoms with E-state index in [1.54, 1.807) is 6.92 Å². The first-order valence-electron chi connectivity index (χ1n) is 6.39. The molecular formula is C13H15F4N3O. The van der Waals surface area contributed by atoms with Gasteiger partial charge in [0.05, 0.1) is 5.69 Å². The maximum absolute atomic E-state index is 13.6. The van der Waals surface area contributed by atoms with Gasteiger partial charge < -0.3 is 15.4 Å². The summed E-state index contributed by atoms with van der Waals surface area (Å²) in [6.07, 6.45) is -4.76. The van der Waals surface area contributed by atoms with E-state index in [4.69, 9.17) is 10.5 Å². The van der Waals surface area contributed by atoms with Crippen LogP contribution in [0.15, 0.2) is 23.2 Å². The molecule has 4 nitrogen and oxygen atoms in total. The van der Waals surface area contributed by atoms with Crippen molar-refractivity contribution in [3.8, 4) is 0 Å². The molecule has 1 aliphatic rings. The maximum atomic E-state index is 13.6. The second kappa shape index (κ2) is 5.79. The SMILES string of the molecule is CCN(C[C@H]1COC(N)=N1)c1cccc(F)c1C(F)(F)F. The number of likely N-dealkylation sites (N-methyl/N-ethyl adjacent to an activating group) is 1. The van der Waals surface area contributed by atoms with Gasteiger partial charge in [0.15, 0.2) is 0 Å². The number of hydrogen-bond acceptors (Lipinski definition) is 4. The van der Waals surface area contributed by atoms with E-state index in [0.717, 1.165) is 6.07 Å². The number of hydrogen-bond donors (Lipinski definition) is 1. The monoisotopic (exact) mass is 305 g/mol. The zero-order valence-electron chi connectivity index (χ0n) is 11.3. The average Bonchev–Trinajstić information content (AvgIpc) is 2.79. The fourth-order valence-corrected chi connectivity index (χ4v) is 2.24. The predicted octanol–water partition coefficient (Wildman–Crippen LogP) is 2.38. The zero-order chi connectivity index (χ0) is 15.6. The molecule has 116 valence electrons. The lowest BCUT2D eigenvalue weighted by Crippen LogP contribution is -2.34. The summed E-state index contributed by atoms with van der Waals surface area (Å²) in [4.78, 5) is 5.39. The number of amidine groups is 1. The van der Waals surface area contributed by atoms with Crippen LogP contribution in [-0.4, -0.2) is 31.8 Å². The standard InChI is InChI=1S/C13H15F4N3O/c1-2-20(6-8-7-21-12(18)19-8)10-5-3-4-9(14)11(10)13(15,16)17/h3-5,8H,2,6-7H2,1H3,(H2,18,19)/t8-/m0/s1. The van der Waals surface area contributed by atoms with Crippen molar-refractivity contribution in [3.05, 3.63) is 29.6 Å². The van der Waals surface area contributed by atoms with Crippen molar-refractivity contribution < 1.29 is 22.3 Å². The summed E-state index contributed by atoms with van der Waals surface area (Å²) in [5.41, 5.74) is 3.91. The van der Waals surface area contributed by atoms with Crippen LogP contribution in [0.25, 0.3) is 0 Å². The topological polar surface area (TPSA) is 50.9 Å². The van der Waals surface area contributed by atoms with Crippen LogP contribution in [0.3, 0.4) is 0 Å². The van der Waals surface area contributed by atoms with Crippen LogP contribution >= 0.6 is 0 Å². The van der Waals surface area contributed by atoms with Gasteiger partial charge in [-0.2, -0.15) is 13.2 Å². The first-order chi connectivity index (χ1) is 9.82. The number of alkyl halides is 3. The van der Waals surface area contributed by atoms with Gasteiger partial charge in [-0.05, 0) is 19.1 Å². The summed E-state index contributed by atoms with van der Waals surface area (Å²) in [6.45, 7) is 2.34. The fourth-order valence-electron chi connectivity index (χ4n) is 2.24. The number of anilines is 1. The molecular weight excluding hydrogens is 290 g/mol. The number of halogens is 4. The summed E-state index contributed by atoms with van der Waals surface area (Å²) < 4.78 is 57.7. The molecule has 21 heavy (non-hydrogen) atoms. The molecule has 0 unspecified atom stereocenters. The van der Waals surface area contributed by atoms with Gasteiger partial charge >= 0.3 is 6.18 Å². The molecule has 0 spiro atoms. The normalized spacial score (nSPS) is 18.3. The molecule has 0 saturated carbocycles. The minimum atomic E-state index is -4.76. The second-order valence-corrected chi connectivity index (χ2v) is 4.60. The van der Waals surface area contributed by atoms with Gasteiger partial charge in [0, 0.05) is 13.1 Å². The highest BCUT2D eigenvalue weighted by molar-refractivity contribution is 5.73. The average molecular weight is 305 g/mol. The molecule has 0 aromatic heterocycles.